The summed E-state index contributed by atoms with van der Waals surface area (Å²) in [5.41, 5.74) is 5.97. The lowest BCUT2D eigenvalue weighted by molar-refractivity contribution is 0.0427. The highest BCUT2D eigenvalue weighted by Gasteiger charge is 2.34. The number of nitrogens with zero attached hydrogens (tertiary/aromatic N) is 3. The zero-order valence-corrected chi connectivity index (χ0v) is 17.0. The molecular formula is C20H26N4O4. The van der Waals surface area contributed by atoms with E-state index >= 15 is 0 Å². The molecule has 0 bridgehead atoms. The summed E-state index contributed by atoms with van der Waals surface area (Å²) in [6.07, 6.45) is -0.386. The predicted molar refractivity (Wildman–Crippen MR) is 107 cm³/mol. The second-order valence-corrected chi connectivity index (χ2v) is 8.16. The molecule has 2 aromatic rings. The van der Waals surface area contributed by atoms with E-state index in [0.29, 0.717) is 16.3 Å². The molecule has 28 heavy (non-hydrogen) atoms. The first-order valence-electron chi connectivity index (χ1n) is 8.81. The molecule has 150 valence electrons. The van der Waals surface area contributed by atoms with Gasteiger partial charge in [0.05, 0.1) is 5.69 Å². The third-order valence-electron chi connectivity index (χ3n) is 3.20. The summed E-state index contributed by atoms with van der Waals surface area (Å²) in [6.45, 7) is 10.2. The fraction of sp³-hybridized carbons (Fsp3) is 0.400. The molecule has 1 aromatic heterocycles. The maximum absolute atomic E-state index is 12.7. The molecule has 0 saturated carbocycles. The van der Waals surface area contributed by atoms with E-state index in [4.69, 9.17) is 15.2 Å². The standard InChI is InChI=1S/C20H26N4O4/c1-19(2,3)27-17(25)24(18(26)28-20(4,5)6)16-22-12-11-15(23-16)13-7-9-14(21)10-8-13/h7-12H,21H2,1-6H3. The first-order chi connectivity index (χ1) is 12.9. The lowest BCUT2D eigenvalue weighted by atomic mass is 10.1. The average Bonchev–Trinajstić information content (AvgIpc) is 2.52. The molecule has 0 saturated heterocycles. The van der Waals surface area contributed by atoms with Crippen molar-refractivity contribution in [1.82, 2.24) is 9.97 Å². The Balaban J connectivity index is 2.44. The summed E-state index contributed by atoms with van der Waals surface area (Å²) in [7, 11) is 0. The number of ether oxygens (including phenoxy) is 2. The fourth-order valence-corrected chi connectivity index (χ4v) is 2.12. The van der Waals surface area contributed by atoms with Gasteiger partial charge in [0.15, 0.2) is 0 Å². The minimum atomic E-state index is -0.920. The number of imide groups is 1. The van der Waals surface area contributed by atoms with Gasteiger partial charge in [-0.2, -0.15) is 0 Å². The molecule has 0 aliphatic carbocycles. The van der Waals surface area contributed by atoms with E-state index in [1.807, 2.05) is 0 Å². The number of rotatable bonds is 2. The summed E-state index contributed by atoms with van der Waals surface area (Å²) in [4.78, 5) is 34.5. The first kappa shape index (κ1) is 21.1. The minimum Gasteiger partial charge on any atom is -0.443 e. The Hall–Kier alpha value is -3.16. The molecule has 0 aliphatic rings. The van der Waals surface area contributed by atoms with Gasteiger partial charge in [0, 0.05) is 17.4 Å². The van der Waals surface area contributed by atoms with Gasteiger partial charge in [-0.3, -0.25) is 0 Å². The van der Waals surface area contributed by atoms with Crippen LogP contribution in [0.2, 0.25) is 0 Å². The van der Waals surface area contributed by atoms with Crippen molar-refractivity contribution in [3.05, 3.63) is 36.5 Å². The third kappa shape index (κ3) is 5.94. The number of benzene rings is 1. The SMILES string of the molecule is CC(C)(C)OC(=O)N(C(=O)OC(C)(C)C)c1nccc(-c2ccc(N)cc2)n1. The van der Waals surface area contributed by atoms with Crippen LogP contribution in [-0.4, -0.2) is 33.4 Å². The number of nitrogens with two attached hydrogens (primary N) is 1. The number of nitrogen functional groups attached to an aromatic ring is 1. The predicted octanol–water partition coefficient (Wildman–Crippen LogP) is 4.40. The lowest BCUT2D eigenvalue weighted by Crippen LogP contribution is -2.44. The van der Waals surface area contributed by atoms with E-state index in [1.165, 1.54) is 6.20 Å². The number of carbonyl (C=O) groups excluding carboxylic acids is 2. The number of anilines is 2. The summed E-state index contributed by atoms with van der Waals surface area (Å²) >= 11 is 0. The van der Waals surface area contributed by atoms with Gasteiger partial charge in [0.2, 0.25) is 5.95 Å². The van der Waals surface area contributed by atoms with Crippen LogP contribution in [-0.2, 0) is 9.47 Å². The van der Waals surface area contributed by atoms with Crippen LogP contribution < -0.4 is 10.6 Å². The van der Waals surface area contributed by atoms with Gasteiger partial charge in [-0.1, -0.05) is 12.1 Å². The summed E-state index contributed by atoms with van der Waals surface area (Å²) in [6, 6.07) is 8.70. The Kier molecular flexibility index (Phi) is 5.92. The van der Waals surface area contributed by atoms with Crippen molar-refractivity contribution >= 4 is 23.8 Å². The Morgan fingerprint density at radius 2 is 1.39 bits per heavy atom. The average molecular weight is 386 g/mol. The second-order valence-electron chi connectivity index (χ2n) is 8.16. The van der Waals surface area contributed by atoms with Gasteiger partial charge < -0.3 is 15.2 Å². The van der Waals surface area contributed by atoms with Crippen molar-refractivity contribution in [2.24, 2.45) is 0 Å². The quantitative estimate of drug-likeness (QED) is 0.762. The Morgan fingerprint density at radius 3 is 1.86 bits per heavy atom. The van der Waals surface area contributed by atoms with E-state index in [-0.39, 0.29) is 5.95 Å². The Bertz CT molecular complexity index is 824. The molecule has 1 aromatic carbocycles. The van der Waals surface area contributed by atoms with Gasteiger partial charge in [0.25, 0.3) is 0 Å². The zero-order chi connectivity index (χ0) is 21.1. The number of carbonyl (C=O) groups is 2. The van der Waals surface area contributed by atoms with Crippen molar-refractivity contribution in [2.75, 3.05) is 10.6 Å². The molecule has 2 N–H and O–H groups in total. The summed E-state index contributed by atoms with van der Waals surface area (Å²) in [5, 5.41) is 0. The topological polar surface area (TPSA) is 108 Å². The maximum Gasteiger partial charge on any atom is 0.427 e. The summed E-state index contributed by atoms with van der Waals surface area (Å²) in [5.74, 6) is -0.141. The van der Waals surface area contributed by atoms with Crippen molar-refractivity contribution in [3.8, 4) is 11.3 Å². The fourth-order valence-electron chi connectivity index (χ4n) is 2.12. The van der Waals surface area contributed by atoms with Gasteiger partial charge in [-0.15, -0.1) is 4.90 Å². The number of amides is 2. The highest BCUT2D eigenvalue weighted by atomic mass is 16.6. The van der Waals surface area contributed by atoms with Crippen molar-refractivity contribution < 1.29 is 19.1 Å². The molecule has 1 heterocycles. The zero-order valence-electron chi connectivity index (χ0n) is 17.0. The van der Waals surface area contributed by atoms with Crippen LogP contribution >= 0.6 is 0 Å². The van der Waals surface area contributed by atoms with E-state index in [2.05, 4.69) is 9.97 Å². The first-order valence-corrected chi connectivity index (χ1v) is 8.81. The highest BCUT2D eigenvalue weighted by molar-refractivity contribution is 6.08. The monoisotopic (exact) mass is 386 g/mol. The van der Waals surface area contributed by atoms with Gasteiger partial charge in [-0.25, -0.2) is 19.6 Å². The van der Waals surface area contributed by atoms with Crippen LogP contribution in [0.25, 0.3) is 11.3 Å². The molecule has 0 spiro atoms. The maximum atomic E-state index is 12.7. The van der Waals surface area contributed by atoms with Crippen LogP contribution in [0, 0.1) is 0 Å². The van der Waals surface area contributed by atoms with Gasteiger partial charge in [-0.05, 0) is 59.7 Å². The van der Waals surface area contributed by atoms with Gasteiger partial charge >= 0.3 is 12.2 Å². The number of aromatic nitrogens is 2. The summed E-state index contributed by atoms with van der Waals surface area (Å²) < 4.78 is 10.7. The van der Waals surface area contributed by atoms with Crippen LogP contribution in [0.15, 0.2) is 36.5 Å². The second kappa shape index (κ2) is 7.84. The molecule has 0 radical (unpaired) electrons. The van der Waals surface area contributed by atoms with Crippen molar-refractivity contribution in [2.45, 2.75) is 52.7 Å². The molecule has 8 nitrogen and oxygen atoms in total. The normalized spacial score (nSPS) is 11.6. The highest BCUT2D eigenvalue weighted by Crippen LogP contribution is 2.23. The van der Waals surface area contributed by atoms with E-state index in [1.54, 1.807) is 71.9 Å². The molecule has 0 atom stereocenters. The number of hydrogen-bond acceptors (Lipinski definition) is 7. The molecular weight excluding hydrogens is 360 g/mol. The molecule has 8 heteroatoms. The molecule has 0 fully saturated rings. The van der Waals surface area contributed by atoms with Crippen LogP contribution in [0.4, 0.5) is 21.2 Å². The van der Waals surface area contributed by atoms with Crippen molar-refractivity contribution in [1.29, 1.82) is 0 Å². The largest absolute Gasteiger partial charge is 0.443 e. The van der Waals surface area contributed by atoms with Gasteiger partial charge in [0.1, 0.15) is 11.2 Å². The van der Waals surface area contributed by atoms with E-state index in [0.717, 1.165) is 5.56 Å². The lowest BCUT2D eigenvalue weighted by Gasteiger charge is -2.27. The third-order valence-corrected chi connectivity index (χ3v) is 3.20. The molecule has 0 aliphatic heterocycles. The van der Waals surface area contributed by atoms with E-state index in [9.17, 15) is 9.59 Å². The van der Waals surface area contributed by atoms with Crippen molar-refractivity contribution in [3.63, 3.8) is 0 Å². The molecule has 2 rings (SSSR count). The van der Waals surface area contributed by atoms with E-state index < -0.39 is 23.4 Å². The smallest absolute Gasteiger partial charge is 0.427 e. The van der Waals surface area contributed by atoms with Crippen LogP contribution in [0.1, 0.15) is 41.5 Å². The Labute approximate surface area is 164 Å². The number of hydrogen-bond donors (Lipinski definition) is 1. The van der Waals surface area contributed by atoms with Crippen LogP contribution in [0.5, 0.6) is 0 Å². The van der Waals surface area contributed by atoms with Crippen LogP contribution in [0.3, 0.4) is 0 Å². The molecule has 2 amide bonds. The molecule has 0 unspecified atom stereocenters. The minimum absolute atomic E-state index is 0.141. The Morgan fingerprint density at radius 1 is 0.893 bits per heavy atom.